The summed E-state index contributed by atoms with van der Waals surface area (Å²) in [7, 11) is 1.42. The summed E-state index contributed by atoms with van der Waals surface area (Å²) in [4.78, 5) is 19.6. The highest BCUT2D eigenvalue weighted by Crippen LogP contribution is 2.20. The van der Waals surface area contributed by atoms with Crippen molar-refractivity contribution in [1.29, 1.82) is 0 Å². The number of ketones is 1. The van der Waals surface area contributed by atoms with Crippen molar-refractivity contribution in [3.8, 4) is 5.88 Å². The Labute approximate surface area is 118 Å². The van der Waals surface area contributed by atoms with Crippen molar-refractivity contribution in [2.24, 2.45) is 0 Å². The van der Waals surface area contributed by atoms with Gasteiger partial charge in [-0.25, -0.2) is 18.7 Å². The van der Waals surface area contributed by atoms with E-state index in [4.69, 9.17) is 16.3 Å². The van der Waals surface area contributed by atoms with Gasteiger partial charge in [0.05, 0.1) is 29.8 Å². The van der Waals surface area contributed by atoms with Crippen LogP contribution in [0.15, 0.2) is 24.5 Å². The minimum absolute atomic E-state index is 0.198. The third-order valence-corrected chi connectivity index (χ3v) is 2.85. The Balaban J connectivity index is 2.26. The molecule has 7 heteroatoms. The zero-order valence-electron chi connectivity index (χ0n) is 10.4. The molecule has 2 rings (SSSR count). The zero-order valence-corrected chi connectivity index (χ0v) is 11.1. The molecule has 0 saturated carbocycles. The van der Waals surface area contributed by atoms with E-state index >= 15 is 0 Å². The number of carbonyl (C=O) groups excluding carboxylic acids is 1. The first-order valence-corrected chi connectivity index (χ1v) is 5.91. The van der Waals surface area contributed by atoms with E-state index < -0.39 is 17.4 Å². The normalized spacial score (nSPS) is 10.4. The van der Waals surface area contributed by atoms with Gasteiger partial charge in [-0.15, -0.1) is 0 Å². The Hall–Kier alpha value is -2.08. The second kappa shape index (κ2) is 5.92. The van der Waals surface area contributed by atoms with Crippen molar-refractivity contribution in [2.45, 2.75) is 6.42 Å². The number of hydrogen-bond acceptors (Lipinski definition) is 4. The van der Waals surface area contributed by atoms with Gasteiger partial charge in [-0.2, -0.15) is 0 Å². The van der Waals surface area contributed by atoms with E-state index in [9.17, 15) is 13.6 Å². The van der Waals surface area contributed by atoms with E-state index in [2.05, 4.69) is 9.97 Å². The molecular weight excluding hydrogens is 290 g/mol. The van der Waals surface area contributed by atoms with Crippen LogP contribution in [0.25, 0.3) is 0 Å². The van der Waals surface area contributed by atoms with Gasteiger partial charge in [-0.05, 0) is 12.1 Å². The van der Waals surface area contributed by atoms with E-state index in [-0.39, 0.29) is 22.9 Å². The lowest BCUT2D eigenvalue weighted by Gasteiger charge is -2.05. The van der Waals surface area contributed by atoms with Crippen molar-refractivity contribution >= 4 is 17.4 Å². The van der Waals surface area contributed by atoms with Crippen molar-refractivity contribution in [3.05, 3.63) is 52.4 Å². The van der Waals surface area contributed by atoms with Crippen LogP contribution in [0.2, 0.25) is 5.02 Å². The lowest BCUT2D eigenvalue weighted by atomic mass is 10.1. The molecule has 0 fully saturated rings. The van der Waals surface area contributed by atoms with Crippen LogP contribution in [0, 0.1) is 11.6 Å². The van der Waals surface area contributed by atoms with E-state index in [1.807, 2.05) is 0 Å². The number of ether oxygens (including phenoxy) is 1. The molecule has 0 aliphatic carbocycles. The van der Waals surface area contributed by atoms with Crippen LogP contribution in [-0.2, 0) is 6.42 Å². The fraction of sp³-hybridized carbons (Fsp3) is 0.154. The minimum Gasteiger partial charge on any atom is -0.481 e. The summed E-state index contributed by atoms with van der Waals surface area (Å²) >= 11 is 5.43. The van der Waals surface area contributed by atoms with Gasteiger partial charge in [0.1, 0.15) is 18.0 Å². The average molecular weight is 299 g/mol. The lowest BCUT2D eigenvalue weighted by Crippen LogP contribution is -2.08. The third-order valence-electron chi connectivity index (χ3n) is 2.56. The highest BCUT2D eigenvalue weighted by molar-refractivity contribution is 6.30. The van der Waals surface area contributed by atoms with Gasteiger partial charge in [-0.3, -0.25) is 4.79 Å². The van der Waals surface area contributed by atoms with Gasteiger partial charge < -0.3 is 4.74 Å². The molecule has 104 valence electrons. The van der Waals surface area contributed by atoms with Crippen LogP contribution < -0.4 is 4.74 Å². The second-order valence-electron chi connectivity index (χ2n) is 3.90. The maximum Gasteiger partial charge on any atom is 0.216 e. The summed E-state index contributed by atoms with van der Waals surface area (Å²) in [6.45, 7) is 0. The summed E-state index contributed by atoms with van der Waals surface area (Å²) in [5.74, 6) is -2.05. The monoisotopic (exact) mass is 298 g/mol. The summed E-state index contributed by atoms with van der Waals surface area (Å²) < 4.78 is 31.8. The maximum absolute atomic E-state index is 13.6. The number of halogens is 3. The third kappa shape index (κ3) is 3.08. The molecule has 0 unspecified atom stereocenters. The van der Waals surface area contributed by atoms with Crippen LogP contribution in [0.1, 0.15) is 16.1 Å². The Morgan fingerprint density at radius 2 is 2.00 bits per heavy atom. The number of aromatic nitrogens is 2. The summed E-state index contributed by atoms with van der Waals surface area (Å²) in [5.41, 5.74) is -0.0268. The van der Waals surface area contributed by atoms with E-state index in [0.29, 0.717) is 5.69 Å². The highest BCUT2D eigenvalue weighted by atomic mass is 35.5. The van der Waals surface area contributed by atoms with Crippen molar-refractivity contribution in [3.63, 3.8) is 0 Å². The fourth-order valence-corrected chi connectivity index (χ4v) is 1.73. The Kier molecular flexibility index (Phi) is 4.24. The van der Waals surface area contributed by atoms with Crippen LogP contribution in [-0.4, -0.2) is 22.9 Å². The smallest absolute Gasteiger partial charge is 0.216 e. The predicted molar refractivity (Wildman–Crippen MR) is 68.0 cm³/mol. The van der Waals surface area contributed by atoms with Crippen LogP contribution in [0.4, 0.5) is 8.78 Å². The molecule has 2 aromatic rings. The highest BCUT2D eigenvalue weighted by Gasteiger charge is 2.16. The van der Waals surface area contributed by atoms with Gasteiger partial charge in [0.2, 0.25) is 5.88 Å². The Morgan fingerprint density at radius 1 is 1.25 bits per heavy atom. The first kappa shape index (κ1) is 14.3. The molecule has 0 amide bonds. The Bertz CT molecular complexity index is 665. The molecule has 20 heavy (non-hydrogen) atoms. The maximum atomic E-state index is 13.6. The first-order chi connectivity index (χ1) is 9.51. The summed E-state index contributed by atoms with van der Waals surface area (Å²) in [6.07, 6.45) is 1.02. The molecule has 0 saturated heterocycles. The number of hydrogen-bond donors (Lipinski definition) is 0. The molecule has 0 aliphatic heterocycles. The van der Waals surface area contributed by atoms with E-state index in [1.54, 1.807) is 0 Å². The predicted octanol–water partition coefficient (Wildman–Crippen LogP) is 2.84. The SMILES string of the molecule is COc1cc(CC(=O)c2cc(F)c(Cl)cc2F)ncn1. The number of carbonyl (C=O) groups is 1. The molecule has 4 nitrogen and oxygen atoms in total. The molecule has 1 aromatic carbocycles. The topological polar surface area (TPSA) is 52.1 Å². The second-order valence-corrected chi connectivity index (χ2v) is 4.31. The largest absolute Gasteiger partial charge is 0.481 e. The summed E-state index contributed by atoms with van der Waals surface area (Å²) in [5, 5.41) is -0.372. The molecule has 0 bridgehead atoms. The Morgan fingerprint density at radius 3 is 2.70 bits per heavy atom. The van der Waals surface area contributed by atoms with Gasteiger partial charge >= 0.3 is 0 Å². The molecular formula is C13H9ClF2N2O2. The number of benzene rings is 1. The molecule has 0 atom stereocenters. The van der Waals surface area contributed by atoms with Crippen LogP contribution in [0.5, 0.6) is 5.88 Å². The van der Waals surface area contributed by atoms with E-state index in [1.165, 1.54) is 19.5 Å². The van der Waals surface area contributed by atoms with Crippen LogP contribution >= 0.6 is 11.6 Å². The molecule has 0 spiro atoms. The van der Waals surface area contributed by atoms with Gasteiger partial charge in [0, 0.05) is 6.07 Å². The summed E-state index contributed by atoms with van der Waals surface area (Å²) in [6, 6.07) is 2.99. The minimum atomic E-state index is -0.873. The van der Waals surface area contributed by atoms with Gasteiger partial charge in [0.25, 0.3) is 0 Å². The number of nitrogens with zero attached hydrogens (tertiary/aromatic N) is 2. The van der Waals surface area contributed by atoms with Gasteiger partial charge in [0.15, 0.2) is 5.78 Å². The van der Waals surface area contributed by atoms with Crippen molar-refractivity contribution < 1.29 is 18.3 Å². The molecule has 0 radical (unpaired) electrons. The zero-order chi connectivity index (χ0) is 14.7. The first-order valence-electron chi connectivity index (χ1n) is 5.54. The number of methoxy groups -OCH3 is 1. The molecule has 1 aromatic heterocycles. The number of rotatable bonds is 4. The number of Topliss-reactive ketones (excluding diaryl/α,β-unsaturated/α-hetero) is 1. The standard InChI is InChI=1S/C13H9ClF2N2O2/c1-20-13-3-7(17-6-18-13)2-12(19)8-4-11(16)9(14)5-10(8)15/h3-6H,2H2,1H3. The molecule has 1 heterocycles. The average Bonchev–Trinajstić information content (AvgIpc) is 2.43. The van der Waals surface area contributed by atoms with Crippen molar-refractivity contribution in [2.75, 3.05) is 7.11 Å². The van der Waals surface area contributed by atoms with Crippen LogP contribution in [0.3, 0.4) is 0 Å². The van der Waals surface area contributed by atoms with Gasteiger partial charge in [-0.1, -0.05) is 11.6 Å². The molecule has 0 N–H and O–H groups in total. The van der Waals surface area contributed by atoms with Crippen molar-refractivity contribution in [1.82, 2.24) is 9.97 Å². The quantitative estimate of drug-likeness (QED) is 0.643. The fourth-order valence-electron chi connectivity index (χ4n) is 1.58. The van der Waals surface area contributed by atoms with E-state index in [0.717, 1.165) is 12.1 Å². The molecule has 0 aliphatic rings. The lowest BCUT2D eigenvalue weighted by molar-refractivity contribution is 0.0987.